The Hall–Kier alpha value is -1.46. The van der Waals surface area contributed by atoms with Crippen molar-refractivity contribution in [2.24, 2.45) is 5.73 Å². The number of pyridine rings is 1. The lowest BCUT2D eigenvalue weighted by Gasteiger charge is -2.30. The molecule has 5 nitrogen and oxygen atoms in total. The predicted octanol–water partition coefficient (Wildman–Crippen LogP) is 0.455. The Kier molecular flexibility index (Phi) is 4.28. The van der Waals surface area contributed by atoms with Gasteiger partial charge in [-0.3, -0.25) is 9.78 Å². The summed E-state index contributed by atoms with van der Waals surface area (Å²) in [5.74, 6) is -0.175. The van der Waals surface area contributed by atoms with Crippen LogP contribution in [-0.4, -0.2) is 40.0 Å². The van der Waals surface area contributed by atoms with Crippen molar-refractivity contribution in [2.75, 3.05) is 13.1 Å². The van der Waals surface area contributed by atoms with Crippen LogP contribution in [-0.2, 0) is 4.79 Å². The first-order valence-corrected chi connectivity index (χ1v) is 6.32. The average molecular weight is 249 g/mol. The first-order chi connectivity index (χ1) is 8.70. The number of piperidine rings is 1. The van der Waals surface area contributed by atoms with Gasteiger partial charge in [0.15, 0.2) is 0 Å². The molecule has 0 spiro atoms. The summed E-state index contributed by atoms with van der Waals surface area (Å²) in [6.45, 7) is 1.48. The maximum absolute atomic E-state index is 12.1. The Morgan fingerprint density at radius 1 is 1.39 bits per heavy atom. The van der Waals surface area contributed by atoms with E-state index in [9.17, 15) is 9.90 Å². The van der Waals surface area contributed by atoms with Crippen LogP contribution in [0.1, 0.15) is 30.9 Å². The molecule has 0 aromatic carbocycles. The van der Waals surface area contributed by atoms with Crippen molar-refractivity contribution >= 4 is 5.91 Å². The maximum Gasteiger partial charge on any atom is 0.242 e. The number of aromatic nitrogens is 1. The number of nitrogens with zero attached hydrogens (tertiary/aromatic N) is 2. The van der Waals surface area contributed by atoms with Crippen molar-refractivity contribution in [1.29, 1.82) is 0 Å². The van der Waals surface area contributed by atoms with Gasteiger partial charge in [0, 0.05) is 31.0 Å². The Morgan fingerprint density at radius 3 is 2.72 bits per heavy atom. The monoisotopic (exact) mass is 249 g/mol. The molecule has 0 saturated carbocycles. The number of nitrogens with two attached hydrogens (primary N) is 1. The number of hydrogen-bond donors (Lipinski definition) is 2. The molecule has 0 radical (unpaired) electrons. The third-order valence-electron chi connectivity index (χ3n) is 3.32. The van der Waals surface area contributed by atoms with Crippen LogP contribution in [0.2, 0.25) is 0 Å². The fourth-order valence-electron chi connectivity index (χ4n) is 2.22. The van der Waals surface area contributed by atoms with Crippen molar-refractivity contribution in [2.45, 2.75) is 31.4 Å². The van der Waals surface area contributed by atoms with Crippen LogP contribution in [0.3, 0.4) is 0 Å². The van der Waals surface area contributed by atoms with Gasteiger partial charge in [-0.2, -0.15) is 0 Å². The van der Waals surface area contributed by atoms with Crippen LogP contribution in [0.15, 0.2) is 24.5 Å². The van der Waals surface area contributed by atoms with Crippen LogP contribution in [0.25, 0.3) is 0 Å². The summed E-state index contributed by atoms with van der Waals surface area (Å²) >= 11 is 0. The number of hydrogen-bond acceptors (Lipinski definition) is 4. The van der Waals surface area contributed by atoms with Crippen molar-refractivity contribution in [3.8, 4) is 0 Å². The van der Waals surface area contributed by atoms with Gasteiger partial charge in [0.1, 0.15) is 12.1 Å². The molecule has 1 aliphatic rings. The van der Waals surface area contributed by atoms with Gasteiger partial charge in [-0.15, -0.1) is 0 Å². The van der Waals surface area contributed by atoms with Crippen molar-refractivity contribution in [3.63, 3.8) is 0 Å². The van der Waals surface area contributed by atoms with Crippen LogP contribution >= 0.6 is 0 Å². The molecule has 5 heteroatoms. The number of rotatable bonds is 3. The van der Waals surface area contributed by atoms with E-state index < -0.39 is 12.1 Å². The molecule has 1 fully saturated rings. The van der Waals surface area contributed by atoms with Gasteiger partial charge in [-0.25, -0.2) is 0 Å². The third-order valence-corrected chi connectivity index (χ3v) is 3.32. The molecule has 3 N–H and O–H groups in total. The molecule has 0 unspecified atom stereocenters. The molecule has 1 aromatic rings. The fourth-order valence-corrected chi connectivity index (χ4v) is 2.22. The van der Waals surface area contributed by atoms with Crippen LogP contribution < -0.4 is 5.73 Å². The van der Waals surface area contributed by atoms with E-state index in [4.69, 9.17) is 5.73 Å². The number of amides is 1. The molecule has 18 heavy (non-hydrogen) atoms. The molecule has 0 aliphatic carbocycles. The molecule has 2 rings (SSSR count). The topological polar surface area (TPSA) is 79.5 Å². The zero-order valence-electron chi connectivity index (χ0n) is 10.3. The highest BCUT2D eigenvalue weighted by atomic mass is 16.3. The molecular weight excluding hydrogens is 230 g/mol. The largest absolute Gasteiger partial charge is 0.386 e. The zero-order valence-corrected chi connectivity index (χ0v) is 10.3. The molecule has 1 saturated heterocycles. The first kappa shape index (κ1) is 13.0. The van der Waals surface area contributed by atoms with Gasteiger partial charge in [0.25, 0.3) is 0 Å². The normalized spacial score (nSPS) is 19.3. The minimum absolute atomic E-state index is 0.175. The Bertz CT molecular complexity index is 390. The Balaban J connectivity index is 2.01. The van der Waals surface area contributed by atoms with Crippen LogP contribution in [0.4, 0.5) is 0 Å². The van der Waals surface area contributed by atoms with E-state index in [1.807, 2.05) is 0 Å². The predicted molar refractivity (Wildman–Crippen MR) is 67.6 cm³/mol. The lowest BCUT2D eigenvalue weighted by Crippen LogP contribution is -2.48. The van der Waals surface area contributed by atoms with Crippen molar-refractivity contribution in [3.05, 3.63) is 30.1 Å². The van der Waals surface area contributed by atoms with E-state index in [1.165, 1.54) is 6.20 Å². The summed E-state index contributed by atoms with van der Waals surface area (Å²) in [5, 5.41) is 10.1. The number of likely N-dealkylation sites (tertiary alicyclic amines) is 1. The second kappa shape index (κ2) is 5.93. The second-order valence-corrected chi connectivity index (χ2v) is 4.64. The number of aliphatic hydroxyl groups is 1. The van der Waals surface area contributed by atoms with Gasteiger partial charge in [-0.05, 0) is 25.3 Å². The molecule has 0 bridgehead atoms. The lowest BCUT2D eigenvalue weighted by molar-refractivity contribution is -0.136. The maximum atomic E-state index is 12.1. The molecule has 2 heterocycles. The fraction of sp³-hybridized carbons (Fsp3) is 0.538. The lowest BCUT2D eigenvalue weighted by atomic mass is 10.0. The smallest absolute Gasteiger partial charge is 0.242 e. The highest BCUT2D eigenvalue weighted by Gasteiger charge is 2.29. The number of carbonyl (C=O) groups is 1. The van der Waals surface area contributed by atoms with Gasteiger partial charge >= 0.3 is 0 Å². The molecule has 1 aliphatic heterocycles. The van der Waals surface area contributed by atoms with E-state index in [0.29, 0.717) is 5.56 Å². The van der Waals surface area contributed by atoms with Crippen LogP contribution in [0, 0.1) is 0 Å². The summed E-state index contributed by atoms with van der Waals surface area (Å²) in [4.78, 5) is 17.8. The summed E-state index contributed by atoms with van der Waals surface area (Å²) in [5.41, 5.74) is 6.43. The summed E-state index contributed by atoms with van der Waals surface area (Å²) in [6.07, 6.45) is 5.35. The number of aliphatic hydroxyl groups excluding tert-OH is 1. The minimum Gasteiger partial charge on any atom is -0.386 e. The van der Waals surface area contributed by atoms with Gasteiger partial charge in [0.05, 0.1) is 0 Å². The summed E-state index contributed by atoms with van der Waals surface area (Å²) < 4.78 is 0. The van der Waals surface area contributed by atoms with Crippen molar-refractivity contribution < 1.29 is 9.90 Å². The van der Waals surface area contributed by atoms with E-state index in [0.717, 1.165) is 32.4 Å². The zero-order chi connectivity index (χ0) is 13.0. The average Bonchev–Trinajstić information content (AvgIpc) is 2.47. The van der Waals surface area contributed by atoms with Gasteiger partial charge < -0.3 is 15.7 Å². The van der Waals surface area contributed by atoms with E-state index in [-0.39, 0.29) is 5.91 Å². The van der Waals surface area contributed by atoms with Gasteiger partial charge in [-0.1, -0.05) is 6.07 Å². The standard InChI is InChI=1S/C13H19N3O2/c14-11(12(17)10-5-4-6-15-9-10)13(18)16-7-2-1-3-8-16/h4-6,9,11-12,17H,1-3,7-8,14H2/t11-,12+/m1/s1. The molecule has 98 valence electrons. The SMILES string of the molecule is N[C@@H](C(=O)N1CCCCC1)[C@@H](O)c1cccnc1. The summed E-state index contributed by atoms with van der Waals surface area (Å²) in [7, 11) is 0. The molecular formula is C13H19N3O2. The third kappa shape index (κ3) is 2.86. The molecule has 2 atom stereocenters. The Morgan fingerprint density at radius 2 is 2.11 bits per heavy atom. The number of carbonyl (C=O) groups excluding carboxylic acids is 1. The summed E-state index contributed by atoms with van der Waals surface area (Å²) in [6, 6.07) is 2.53. The highest BCUT2D eigenvalue weighted by molar-refractivity contribution is 5.82. The van der Waals surface area contributed by atoms with Crippen molar-refractivity contribution in [1.82, 2.24) is 9.88 Å². The van der Waals surface area contributed by atoms with E-state index >= 15 is 0 Å². The van der Waals surface area contributed by atoms with Gasteiger partial charge in [0.2, 0.25) is 5.91 Å². The van der Waals surface area contributed by atoms with E-state index in [1.54, 1.807) is 23.2 Å². The quantitative estimate of drug-likeness (QED) is 0.815. The second-order valence-electron chi connectivity index (χ2n) is 4.64. The first-order valence-electron chi connectivity index (χ1n) is 6.32. The minimum atomic E-state index is -0.992. The van der Waals surface area contributed by atoms with E-state index in [2.05, 4.69) is 4.98 Å². The Labute approximate surface area is 107 Å². The molecule has 1 amide bonds. The van der Waals surface area contributed by atoms with Crippen LogP contribution in [0.5, 0.6) is 0 Å². The molecule has 1 aromatic heterocycles. The highest BCUT2D eigenvalue weighted by Crippen LogP contribution is 2.17.